The van der Waals surface area contributed by atoms with Crippen LogP contribution >= 0.6 is 11.8 Å². The SMILES string of the molecule is CCc1ccc2c(Nc3cc(C)ccc3Sc3ccc(NC(C)=O)cc3)ccnc2n1. The number of hydrogen-bond donors (Lipinski definition) is 2. The van der Waals surface area contributed by atoms with Crippen molar-refractivity contribution in [1.82, 2.24) is 9.97 Å². The monoisotopic (exact) mass is 428 g/mol. The van der Waals surface area contributed by atoms with Gasteiger partial charge >= 0.3 is 0 Å². The number of rotatable bonds is 6. The Balaban J connectivity index is 1.63. The number of carbonyl (C=O) groups excluding carboxylic acids is 1. The molecule has 2 heterocycles. The van der Waals surface area contributed by atoms with Gasteiger partial charge in [0.2, 0.25) is 5.91 Å². The van der Waals surface area contributed by atoms with Gasteiger partial charge in [-0.15, -0.1) is 0 Å². The number of aromatic nitrogens is 2. The van der Waals surface area contributed by atoms with Crippen LogP contribution in [-0.4, -0.2) is 15.9 Å². The van der Waals surface area contributed by atoms with E-state index in [-0.39, 0.29) is 5.91 Å². The second kappa shape index (κ2) is 9.18. The third-order valence-electron chi connectivity index (χ3n) is 4.83. The van der Waals surface area contributed by atoms with Crippen LogP contribution in [0.15, 0.2) is 76.7 Å². The smallest absolute Gasteiger partial charge is 0.221 e. The van der Waals surface area contributed by atoms with Gasteiger partial charge in [-0.2, -0.15) is 0 Å². The summed E-state index contributed by atoms with van der Waals surface area (Å²) < 4.78 is 0. The molecule has 0 fully saturated rings. The fraction of sp³-hybridized carbons (Fsp3) is 0.160. The fourth-order valence-corrected chi connectivity index (χ4v) is 4.17. The summed E-state index contributed by atoms with van der Waals surface area (Å²) in [6.07, 6.45) is 2.68. The molecule has 0 spiro atoms. The van der Waals surface area contributed by atoms with Crippen LogP contribution < -0.4 is 10.6 Å². The van der Waals surface area contributed by atoms with E-state index in [9.17, 15) is 4.79 Å². The molecule has 0 radical (unpaired) electrons. The molecule has 0 unspecified atom stereocenters. The minimum atomic E-state index is -0.0736. The zero-order valence-electron chi connectivity index (χ0n) is 17.8. The molecule has 0 atom stereocenters. The first-order chi connectivity index (χ1) is 15.0. The van der Waals surface area contributed by atoms with Crippen LogP contribution in [0.25, 0.3) is 11.0 Å². The van der Waals surface area contributed by atoms with Gasteiger partial charge in [0.15, 0.2) is 5.65 Å². The number of carbonyl (C=O) groups is 1. The summed E-state index contributed by atoms with van der Waals surface area (Å²) in [5.41, 5.74) is 5.77. The van der Waals surface area contributed by atoms with Crippen LogP contribution in [0.2, 0.25) is 0 Å². The molecule has 0 aliphatic rings. The highest BCUT2D eigenvalue weighted by molar-refractivity contribution is 7.99. The molecule has 5 nitrogen and oxygen atoms in total. The van der Waals surface area contributed by atoms with Gasteiger partial charge in [-0.05, 0) is 73.5 Å². The van der Waals surface area contributed by atoms with Crippen molar-refractivity contribution in [1.29, 1.82) is 0 Å². The first kappa shape index (κ1) is 20.9. The van der Waals surface area contributed by atoms with Crippen LogP contribution in [0.1, 0.15) is 25.1 Å². The molecule has 0 aliphatic heterocycles. The lowest BCUT2D eigenvalue weighted by Crippen LogP contribution is -2.05. The Kier molecular flexibility index (Phi) is 6.18. The Morgan fingerprint density at radius 3 is 2.55 bits per heavy atom. The zero-order chi connectivity index (χ0) is 21.8. The van der Waals surface area contributed by atoms with Gasteiger partial charge in [-0.1, -0.05) is 24.8 Å². The molecule has 4 aromatic rings. The molecule has 31 heavy (non-hydrogen) atoms. The van der Waals surface area contributed by atoms with Gasteiger partial charge in [-0.3, -0.25) is 4.79 Å². The van der Waals surface area contributed by atoms with Crippen molar-refractivity contribution < 1.29 is 4.79 Å². The molecule has 2 aromatic heterocycles. The van der Waals surface area contributed by atoms with E-state index in [1.54, 1.807) is 18.0 Å². The van der Waals surface area contributed by atoms with Gasteiger partial charge in [-0.25, -0.2) is 9.97 Å². The number of fused-ring (bicyclic) bond motifs is 1. The lowest BCUT2D eigenvalue weighted by atomic mass is 10.2. The predicted octanol–water partition coefficient (Wildman–Crippen LogP) is 6.35. The first-order valence-corrected chi connectivity index (χ1v) is 11.0. The van der Waals surface area contributed by atoms with Crippen molar-refractivity contribution in [3.8, 4) is 0 Å². The Hall–Kier alpha value is -3.38. The van der Waals surface area contributed by atoms with Crippen molar-refractivity contribution in [2.45, 2.75) is 37.0 Å². The second-order valence-electron chi connectivity index (χ2n) is 7.32. The van der Waals surface area contributed by atoms with E-state index in [1.807, 2.05) is 30.3 Å². The van der Waals surface area contributed by atoms with Crippen LogP contribution in [0, 0.1) is 6.92 Å². The molecule has 6 heteroatoms. The largest absolute Gasteiger partial charge is 0.354 e. The van der Waals surface area contributed by atoms with E-state index < -0.39 is 0 Å². The quantitative estimate of drug-likeness (QED) is 0.374. The van der Waals surface area contributed by atoms with E-state index in [2.05, 4.69) is 64.8 Å². The molecule has 4 rings (SSSR count). The van der Waals surface area contributed by atoms with Gasteiger partial charge < -0.3 is 10.6 Å². The Bertz CT molecular complexity index is 1240. The highest BCUT2D eigenvalue weighted by Gasteiger charge is 2.10. The summed E-state index contributed by atoms with van der Waals surface area (Å²) in [6, 6.07) is 20.4. The summed E-state index contributed by atoms with van der Waals surface area (Å²) >= 11 is 1.67. The van der Waals surface area contributed by atoms with Crippen molar-refractivity contribution in [2.75, 3.05) is 10.6 Å². The Labute approximate surface area is 186 Å². The van der Waals surface area contributed by atoms with E-state index in [4.69, 9.17) is 0 Å². The highest BCUT2D eigenvalue weighted by Crippen LogP contribution is 2.37. The number of amides is 1. The third kappa shape index (κ3) is 5.03. The van der Waals surface area contributed by atoms with Gasteiger partial charge in [0.25, 0.3) is 0 Å². The minimum Gasteiger partial charge on any atom is -0.354 e. The number of nitrogens with zero attached hydrogens (tertiary/aromatic N) is 2. The van der Waals surface area contributed by atoms with Crippen LogP contribution in [-0.2, 0) is 11.2 Å². The molecule has 1 amide bonds. The lowest BCUT2D eigenvalue weighted by Gasteiger charge is -2.15. The molecule has 0 bridgehead atoms. The number of anilines is 3. The molecule has 156 valence electrons. The first-order valence-electron chi connectivity index (χ1n) is 10.2. The van der Waals surface area contributed by atoms with Gasteiger partial charge in [0, 0.05) is 39.7 Å². The summed E-state index contributed by atoms with van der Waals surface area (Å²) in [5, 5.41) is 7.39. The average Bonchev–Trinajstić information content (AvgIpc) is 2.76. The molecule has 0 aliphatic carbocycles. The number of hydrogen-bond acceptors (Lipinski definition) is 5. The Morgan fingerprint density at radius 2 is 1.81 bits per heavy atom. The summed E-state index contributed by atoms with van der Waals surface area (Å²) in [4.78, 5) is 22.5. The maximum atomic E-state index is 11.2. The van der Waals surface area contributed by atoms with Crippen molar-refractivity contribution in [2.24, 2.45) is 0 Å². The zero-order valence-corrected chi connectivity index (χ0v) is 18.6. The van der Waals surface area contributed by atoms with Crippen LogP contribution in [0.4, 0.5) is 17.1 Å². The molecular weight excluding hydrogens is 404 g/mol. The van der Waals surface area contributed by atoms with Gasteiger partial charge in [0.05, 0.1) is 11.4 Å². The Morgan fingerprint density at radius 1 is 1.00 bits per heavy atom. The van der Waals surface area contributed by atoms with Crippen molar-refractivity contribution in [3.63, 3.8) is 0 Å². The summed E-state index contributed by atoms with van der Waals surface area (Å²) in [6.45, 7) is 5.69. The third-order valence-corrected chi connectivity index (χ3v) is 5.91. The average molecular weight is 429 g/mol. The predicted molar refractivity (Wildman–Crippen MR) is 128 cm³/mol. The molecule has 0 saturated heterocycles. The highest BCUT2D eigenvalue weighted by atomic mass is 32.2. The van der Waals surface area contributed by atoms with E-state index in [0.717, 1.165) is 50.0 Å². The van der Waals surface area contributed by atoms with Crippen LogP contribution in [0.3, 0.4) is 0 Å². The lowest BCUT2D eigenvalue weighted by molar-refractivity contribution is -0.114. The number of benzene rings is 2. The molecule has 2 N–H and O–H groups in total. The number of pyridine rings is 2. The molecular formula is C25H24N4OS. The van der Waals surface area contributed by atoms with Crippen molar-refractivity contribution in [3.05, 3.63) is 78.1 Å². The van der Waals surface area contributed by atoms with E-state index in [0.29, 0.717) is 0 Å². The maximum absolute atomic E-state index is 11.2. The molecule has 0 saturated carbocycles. The standard InChI is InChI=1S/C25H24N4OS/c1-4-18-8-11-21-22(13-14-26-25(21)28-18)29-23-15-16(2)5-12-24(23)31-20-9-6-19(7-10-20)27-17(3)30/h5-15H,4H2,1-3H3,(H,27,30)(H,26,28,29). The normalized spacial score (nSPS) is 10.8. The van der Waals surface area contributed by atoms with Crippen LogP contribution in [0.5, 0.6) is 0 Å². The molecule has 2 aromatic carbocycles. The van der Waals surface area contributed by atoms with E-state index in [1.165, 1.54) is 12.5 Å². The topological polar surface area (TPSA) is 66.9 Å². The van der Waals surface area contributed by atoms with Crippen molar-refractivity contribution >= 4 is 45.8 Å². The van der Waals surface area contributed by atoms with E-state index >= 15 is 0 Å². The fourth-order valence-electron chi connectivity index (χ4n) is 3.29. The minimum absolute atomic E-state index is 0.0736. The number of aryl methyl sites for hydroxylation is 2. The second-order valence-corrected chi connectivity index (χ2v) is 8.43. The number of nitrogens with one attached hydrogen (secondary N) is 2. The summed E-state index contributed by atoms with van der Waals surface area (Å²) in [5.74, 6) is -0.0736. The maximum Gasteiger partial charge on any atom is 0.221 e. The summed E-state index contributed by atoms with van der Waals surface area (Å²) in [7, 11) is 0. The van der Waals surface area contributed by atoms with Gasteiger partial charge in [0.1, 0.15) is 0 Å².